The monoisotopic (exact) mass is 446 g/mol. The fourth-order valence-electron chi connectivity index (χ4n) is 1.84. The Morgan fingerprint density at radius 3 is 2.87 bits per heavy atom. The van der Waals surface area contributed by atoms with Gasteiger partial charge in [-0.15, -0.1) is 52.1 Å². The first kappa shape index (κ1) is 19.6. The molecule has 2 heterocycles. The standard InChI is InChI=1S/C15H22N6S.HI/c1-4-8-16-15(17-9-7-13-6-5-10-22-13)18-11-14-20-19-12(2)21(14)3;/h4-6,10H,1,7-9,11H2,2-3H3,(H2,16,17,18);1H. The number of aliphatic imine (C=N–C) groups is 1. The van der Waals surface area contributed by atoms with Crippen LogP contribution in [0.4, 0.5) is 0 Å². The maximum absolute atomic E-state index is 4.55. The lowest BCUT2D eigenvalue weighted by Crippen LogP contribution is -2.38. The number of halogens is 1. The molecule has 0 saturated heterocycles. The number of hydrogen-bond donors (Lipinski definition) is 2. The minimum atomic E-state index is 0. The van der Waals surface area contributed by atoms with Crippen molar-refractivity contribution in [1.82, 2.24) is 25.4 Å². The van der Waals surface area contributed by atoms with E-state index >= 15 is 0 Å². The Morgan fingerprint density at radius 1 is 1.43 bits per heavy atom. The summed E-state index contributed by atoms with van der Waals surface area (Å²) < 4.78 is 1.94. The van der Waals surface area contributed by atoms with Gasteiger partial charge in [0.15, 0.2) is 11.8 Å². The van der Waals surface area contributed by atoms with Gasteiger partial charge in [-0.05, 0) is 24.8 Å². The highest BCUT2D eigenvalue weighted by Crippen LogP contribution is 2.08. The highest BCUT2D eigenvalue weighted by atomic mass is 127. The van der Waals surface area contributed by atoms with E-state index in [4.69, 9.17) is 0 Å². The molecule has 0 aliphatic heterocycles. The van der Waals surface area contributed by atoms with Gasteiger partial charge < -0.3 is 15.2 Å². The Kier molecular flexibility index (Phi) is 8.85. The van der Waals surface area contributed by atoms with Crippen molar-refractivity contribution in [1.29, 1.82) is 0 Å². The molecule has 0 radical (unpaired) electrons. The van der Waals surface area contributed by atoms with Crippen molar-refractivity contribution >= 4 is 41.3 Å². The van der Waals surface area contributed by atoms with E-state index in [0.29, 0.717) is 13.1 Å². The first-order valence-electron chi connectivity index (χ1n) is 7.21. The van der Waals surface area contributed by atoms with Gasteiger partial charge in [-0.3, -0.25) is 0 Å². The summed E-state index contributed by atoms with van der Waals surface area (Å²) >= 11 is 1.77. The lowest BCUT2D eigenvalue weighted by molar-refractivity contribution is 0.758. The second-order valence-electron chi connectivity index (χ2n) is 4.81. The van der Waals surface area contributed by atoms with Crippen LogP contribution in [0.3, 0.4) is 0 Å². The van der Waals surface area contributed by atoms with Crippen LogP contribution in [0.5, 0.6) is 0 Å². The van der Waals surface area contributed by atoms with Gasteiger partial charge in [-0.1, -0.05) is 12.1 Å². The summed E-state index contributed by atoms with van der Waals surface area (Å²) in [6.45, 7) is 7.64. The minimum absolute atomic E-state index is 0. The summed E-state index contributed by atoms with van der Waals surface area (Å²) in [7, 11) is 1.95. The predicted octanol–water partition coefficient (Wildman–Crippen LogP) is 2.27. The van der Waals surface area contributed by atoms with Crippen LogP contribution in [0.15, 0.2) is 35.2 Å². The Balaban J connectivity index is 0.00000264. The van der Waals surface area contributed by atoms with Crippen LogP contribution < -0.4 is 10.6 Å². The number of nitrogens with zero attached hydrogens (tertiary/aromatic N) is 4. The zero-order valence-electron chi connectivity index (χ0n) is 13.5. The molecule has 8 heteroatoms. The minimum Gasteiger partial charge on any atom is -0.356 e. The number of nitrogens with one attached hydrogen (secondary N) is 2. The molecule has 23 heavy (non-hydrogen) atoms. The third-order valence-electron chi connectivity index (χ3n) is 3.22. The number of aromatic nitrogens is 3. The molecule has 0 unspecified atom stereocenters. The van der Waals surface area contributed by atoms with Crippen molar-refractivity contribution in [2.24, 2.45) is 12.0 Å². The smallest absolute Gasteiger partial charge is 0.191 e. The molecule has 2 aromatic rings. The second kappa shape index (κ2) is 10.4. The summed E-state index contributed by atoms with van der Waals surface area (Å²) in [5.41, 5.74) is 0. The second-order valence-corrected chi connectivity index (χ2v) is 5.85. The third kappa shape index (κ3) is 6.30. The van der Waals surface area contributed by atoms with Crippen LogP contribution in [0.2, 0.25) is 0 Å². The molecule has 0 aliphatic carbocycles. The topological polar surface area (TPSA) is 67.1 Å². The van der Waals surface area contributed by atoms with Gasteiger partial charge in [0.25, 0.3) is 0 Å². The first-order valence-corrected chi connectivity index (χ1v) is 8.09. The summed E-state index contributed by atoms with van der Waals surface area (Å²) in [4.78, 5) is 5.91. The molecule has 6 nitrogen and oxygen atoms in total. The fraction of sp³-hybridized carbons (Fsp3) is 0.400. The maximum Gasteiger partial charge on any atom is 0.191 e. The average molecular weight is 446 g/mol. The molecule has 0 amide bonds. The van der Waals surface area contributed by atoms with Crippen molar-refractivity contribution in [2.45, 2.75) is 19.9 Å². The Hall–Kier alpha value is -1.42. The van der Waals surface area contributed by atoms with Gasteiger partial charge in [0.2, 0.25) is 0 Å². The van der Waals surface area contributed by atoms with E-state index in [1.165, 1.54) is 4.88 Å². The molecular formula is C15H23IN6S. The number of hydrogen-bond acceptors (Lipinski definition) is 4. The third-order valence-corrected chi connectivity index (χ3v) is 4.16. The van der Waals surface area contributed by atoms with Crippen molar-refractivity contribution in [3.63, 3.8) is 0 Å². The normalized spacial score (nSPS) is 11.0. The lowest BCUT2D eigenvalue weighted by Gasteiger charge is -2.10. The van der Waals surface area contributed by atoms with Crippen molar-refractivity contribution in [3.8, 4) is 0 Å². The highest BCUT2D eigenvalue weighted by Gasteiger charge is 2.05. The zero-order valence-corrected chi connectivity index (χ0v) is 16.6. The summed E-state index contributed by atoms with van der Waals surface area (Å²) in [5, 5.41) is 16.8. The van der Waals surface area contributed by atoms with Gasteiger partial charge in [0.1, 0.15) is 12.4 Å². The molecule has 0 atom stereocenters. The lowest BCUT2D eigenvalue weighted by atomic mass is 10.3. The molecule has 2 rings (SSSR count). The summed E-state index contributed by atoms with van der Waals surface area (Å²) in [5.74, 6) is 2.49. The van der Waals surface area contributed by atoms with Gasteiger partial charge in [0.05, 0.1) is 0 Å². The molecule has 2 N–H and O–H groups in total. The van der Waals surface area contributed by atoms with Crippen molar-refractivity contribution < 1.29 is 0 Å². The average Bonchev–Trinajstić information content (AvgIpc) is 3.14. The maximum atomic E-state index is 4.55. The first-order chi connectivity index (χ1) is 10.7. The molecule has 0 spiro atoms. The number of aryl methyl sites for hydroxylation is 1. The van der Waals surface area contributed by atoms with Crippen LogP contribution in [0, 0.1) is 6.92 Å². The molecule has 2 aromatic heterocycles. The molecule has 0 bridgehead atoms. The Labute approximate surface area is 158 Å². The van der Waals surface area contributed by atoms with E-state index in [-0.39, 0.29) is 24.0 Å². The summed E-state index contributed by atoms with van der Waals surface area (Å²) in [6, 6.07) is 4.21. The van der Waals surface area contributed by atoms with Gasteiger partial charge >= 0.3 is 0 Å². The van der Waals surface area contributed by atoms with Crippen LogP contribution in [-0.4, -0.2) is 33.8 Å². The quantitative estimate of drug-likeness (QED) is 0.297. The van der Waals surface area contributed by atoms with Gasteiger partial charge in [-0.2, -0.15) is 0 Å². The van der Waals surface area contributed by atoms with Gasteiger partial charge in [-0.25, -0.2) is 4.99 Å². The SMILES string of the molecule is C=CCNC(=NCc1nnc(C)n1C)NCCc1cccs1.I. The van der Waals surface area contributed by atoms with E-state index in [0.717, 1.165) is 30.6 Å². The van der Waals surface area contributed by atoms with Crippen molar-refractivity contribution in [3.05, 3.63) is 46.7 Å². The predicted molar refractivity (Wildman–Crippen MR) is 107 cm³/mol. The molecule has 0 aromatic carbocycles. The highest BCUT2D eigenvalue weighted by molar-refractivity contribution is 14.0. The van der Waals surface area contributed by atoms with E-state index < -0.39 is 0 Å². The molecule has 0 fully saturated rings. The zero-order chi connectivity index (χ0) is 15.8. The van der Waals surface area contributed by atoms with Crippen LogP contribution in [0.1, 0.15) is 16.5 Å². The Bertz CT molecular complexity index is 620. The van der Waals surface area contributed by atoms with E-state index in [2.05, 4.69) is 49.9 Å². The Morgan fingerprint density at radius 2 is 2.26 bits per heavy atom. The molecular weight excluding hydrogens is 423 g/mol. The number of guanidine groups is 1. The van der Waals surface area contributed by atoms with Crippen LogP contribution in [0.25, 0.3) is 0 Å². The molecule has 126 valence electrons. The number of thiophene rings is 1. The number of rotatable bonds is 7. The van der Waals surface area contributed by atoms with Crippen LogP contribution in [-0.2, 0) is 20.0 Å². The van der Waals surface area contributed by atoms with E-state index in [9.17, 15) is 0 Å². The molecule has 0 saturated carbocycles. The van der Waals surface area contributed by atoms with Gasteiger partial charge in [0, 0.05) is 25.0 Å². The molecule has 0 aliphatic rings. The fourth-order valence-corrected chi connectivity index (χ4v) is 2.55. The van der Waals surface area contributed by atoms with Crippen LogP contribution >= 0.6 is 35.3 Å². The largest absolute Gasteiger partial charge is 0.356 e. The summed E-state index contributed by atoms with van der Waals surface area (Å²) in [6.07, 6.45) is 2.79. The van der Waals surface area contributed by atoms with Crippen molar-refractivity contribution in [2.75, 3.05) is 13.1 Å². The van der Waals surface area contributed by atoms with E-state index in [1.54, 1.807) is 11.3 Å². The van der Waals surface area contributed by atoms with E-state index in [1.807, 2.05) is 24.6 Å².